The number of hydrogen-bond donors (Lipinski definition) is 2. The molecule has 1 amide bonds. The number of nitrogens with two attached hydrogens (primary N) is 1. The Morgan fingerprint density at radius 3 is 2.24 bits per heavy atom. The first-order valence-corrected chi connectivity index (χ1v) is 8.17. The van der Waals surface area contributed by atoms with E-state index in [0.29, 0.717) is 23.9 Å². The zero-order valence-electron chi connectivity index (χ0n) is 13.1. The summed E-state index contributed by atoms with van der Waals surface area (Å²) in [6, 6.07) is 6.71. The van der Waals surface area contributed by atoms with Crippen LogP contribution < -0.4 is 11.1 Å². The van der Waals surface area contributed by atoms with Crippen LogP contribution in [0.1, 0.15) is 53.6 Å². The van der Waals surface area contributed by atoms with Crippen molar-refractivity contribution in [3.63, 3.8) is 0 Å². The first-order chi connectivity index (χ1) is 10.0. The molecule has 3 N–H and O–H groups in total. The van der Waals surface area contributed by atoms with E-state index < -0.39 is 0 Å². The van der Waals surface area contributed by atoms with Crippen molar-refractivity contribution in [2.75, 3.05) is 0 Å². The first-order valence-electron chi connectivity index (χ1n) is 8.17. The van der Waals surface area contributed by atoms with Gasteiger partial charge in [0.1, 0.15) is 0 Å². The van der Waals surface area contributed by atoms with Gasteiger partial charge >= 0.3 is 0 Å². The SMILES string of the molecule is Cc1cc(C)cc(C(=O)NC2C3CCCC2CC(N)C3)c1. The van der Waals surface area contributed by atoms with Gasteiger partial charge in [-0.2, -0.15) is 0 Å². The van der Waals surface area contributed by atoms with Crippen molar-refractivity contribution in [1.29, 1.82) is 0 Å². The van der Waals surface area contributed by atoms with Crippen LogP contribution in [-0.2, 0) is 0 Å². The molecular weight excluding hydrogens is 260 g/mol. The number of aryl methyl sites for hydroxylation is 2. The molecule has 0 radical (unpaired) electrons. The van der Waals surface area contributed by atoms with Gasteiger partial charge in [-0.25, -0.2) is 0 Å². The Kier molecular flexibility index (Phi) is 4.03. The van der Waals surface area contributed by atoms with E-state index in [2.05, 4.69) is 11.4 Å². The van der Waals surface area contributed by atoms with Crippen molar-refractivity contribution in [1.82, 2.24) is 5.32 Å². The molecule has 2 fully saturated rings. The molecule has 0 aliphatic heterocycles. The molecule has 2 unspecified atom stereocenters. The maximum Gasteiger partial charge on any atom is 0.251 e. The van der Waals surface area contributed by atoms with Gasteiger partial charge in [-0.05, 0) is 63.5 Å². The topological polar surface area (TPSA) is 55.1 Å². The van der Waals surface area contributed by atoms with E-state index in [9.17, 15) is 4.79 Å². The lowest BCUT2D eigenvalue weighted by Gasteiger charge is -2.45. The fourth-order valence-corrected chi connectivity index (χ4v) is 4.37. The molecule has 3 rings (SSSR count). The average molecular weight is 286 g/mol. The fraction of sp³-hybridized carbons (Fsp3) is 0.611. The summed E-state index contributed by atoms with van der Waals surface area (Å²) < 4.78 is 0. The molecule has 114 valence electrons. The van der Waals surface area contributed by atoms with Crippen LogP contribution in [0, 0.1) is 25.7 Å². The highest BCUT2D eigenvalue weighted by molar-refractivity contribution is 5.94. The highest BCUT2D eigenvalue weighted by Gasteiger charge is 2.39. The van der Waals surface area contributed by atoms with E-state index in [1.807, 2.05) is 26.0 Å². The molecule has 1 aromatic rings. The molecule has 3 heteroatoms. The third-order valence-electron chi connectivity index (χ3n) is 5.16. The van der Waals surface area contributed by atoms with Gasteiger partial charge in [0.25, 0.3) is 5.91 Å². The van der Waals surface area contributed by atoms with Crippen LogP contribution in [0.2, 0.25) is 0 Å². The molecular formula is C18H26N2O. The van der Waals surface area contributed by atoms with E-state index in [0.717, 1.165) is 29.5 Å². The van der Waals surface area contributed by atoms with Gasteiger partial charge in [0.05, 0.1) is 0 Å². The second-order valence-electron chi connectivity index (χ2n) is 7.06. The maximum atomic E-state index is 12.6. The predicted octanol–water partition coefficient (Wildman–Crippen LogP) is 2.94. The summed E-state index contributed by atoms with van der Waals surface area (Å²) in [6.45, 7) is 4.08. The Bertz CT molecular complexity index is 506. The van der Waals surface area contributed by atoms with Gasteiger partial charge in [0, 0.05) is 17.6 Å². The van der Waals surface area contributed by atoms with Crippen molar-refractivity contribution in [2.24, 2.45) is 17.6 Å². The standard InChI is InChI=1S/C18H26N2O/c1-11-6-12(2)8-15(7-11)18(21)20-17-13-4-3-5-14(17)10-16(19)9-13/h6-8,13-14,16-17H,3-5,9-10,19H2,1-2H3,(H,20,21). The van der Waals surface area contributed by atoms with Gasteiger partial charge in [-0.15, -0.1) is 0 Å². The maximum absolute atomic E-state index is 12.6. The number of rotatable bonds is 2. The summed E-state index contributed by atoms with van der Waals surface area (Å²) in [4.78, 5) is 12.6. The van der Waals surface area contributed by atoms with Gasteiger partial charge in [-0.1, -0.05) is 23.6 Å². The summed E-state index contributed by atoms with van der Waals surface area (Å²) >= 11 is 0. The smallest absolute Gasteiger partial charge is 0.251 e. The van der Waals surface area contributed by atoms with Crippen molar-refractivity contribution in [3.8, 4) is 0 Å². The quantitative estimate of drug-likeness (QED) is 0.878. The molecule has 3 nitrogen and oxygen atoms in total. The molecule has 0 aromatic heterocycles. The van der Waals surface area contributed by atoms with E-state index in [4.69, 9.17) is 5.73 Å². The van der Waals surface area contributed by atoms with Crippen LogP contribution in [0.25, 0.3) is 0 Å². The Morgan fingerprint density at radius 1 is 1.10 bits per heavy atom. The third-order valence-corrected chi connectivity index (χ3v) is 5.16. The zero-order chi connectivity index (χ0) is 15.0. The normalized spacial score (nSPS) is 31.8. The molecule has 2 aliphatic rings. The minimum Gasteiger partial charge on any atom is -0.349 e. The van der Waals surface area contributed by atoms with E-state index in [1.165, 1.54) is 19.3 Å². The number of amides is 1. The molecule has 21 heavy (non-hydrogen) atoms. The van der Waals surface area contributed by atoms with E-state index in [1.54, 1.807) is 0 Å². The van der Waals surface area contributed by atoms with E-state index in [-0.39, 0.29) is 5.91 Å². The fourth-order valence-electron chi connectivity index (χ4n) is 4.37. The number of hydrogen-bond acceptors (Lipinski definition) is 2. The Labute approximate surface area is 127 Å². The summed E-state index contributed by atoms with van der Waals surface area (Å²) in [7, 11) is 0. The Balaban J connectivity index is 1.75. The number of nitrogens with one attached hydrogen (secondary N) is 1. The second-order valence-corrected chi connectivity index (χ2v) is 7.06. The van der Waals surface area contributed by atoms with Crippen LogP contribution >= 0.6 is 0 Å². The Morgan fingerprint density at radius 2 is 1.67 bits per heavy atom. The Hall–Kier alpha value is -1.35. The summed E-state index contributed by atoms with van der Waals surface area (Å²) in [5.41, 5.74) is 9.24. The van der Waals surface area contributed by atoms with E-state index >= 15 is 0 Å². The average Bonchev–Trinajstić information content (AvgIpc) is 2.38. The lowest BCUT2D eigenvalue weighted by Crippen LogP contribution is -2.53. The monoisotopic (exact) mass is 286 g/mol. The van der Waals surface area contributed by atoms with Crippen LogP contribution in [0.5, 0.6) is 0 Å². The predicted molar refractivity (Wildman–Crippen MR) is 85.2 cm³/mol. The first kappa shape index (κ1) is 14.6. The van der Waals surface area contributed by atoms with Crippen molar-refractivity contribution in [3.05, 3.63) is 34.9 Å². The summed E-state index contributed by atoms with van der Waals surface area (Å²) in [5.74, 6) is 1.23. The molecule has 2 saturated carbocycles. The van der Waals surface area contributed by atoms with Crippen LogP contribution in [0.15, 0.2) is 18.2 Å². The van der Waals surface area contributed by atoms with Gasteiger partial charge < -0.3 is 11.1 Å². The minimum atomic E-state index is 0.0826. The number of carbonyl (C=O) groups is 1. The van der Waals surface area contributed by atoms with Crippen LogP contribution in [0.4, 0.5) is 0 Å². The lowest BCUT2D eigenvalue weighted by molar-refractivity contribution is 0.0756. The number of fused-ring (bicyclic) bond motifs is 2. The molecule has 0 heterocycles. The number of carbonyl (C=O) groups excluding carboxylic acids is 1. The highest BCUT2D eigenvalue weighted by atomic mass is 16.1. The zero-order valence-corrected chi connectivity index (χ0v) is 13.1. The van der Waals surface area contributed by atoms with Crippen LogP contribution in [-0.4, -0.2) is 18.0 Å². The van der Waals surface area contributed by atoms with Crippen molar-refractivity contribution < 1.29 is 4.79 Å². The summed E-state index contributed by atoms with van der Waals surface area (Å²) in [6.07, 6.45) is 5.84. The summed E-state index contributed by atoms with van der Waals surface area (Å²) in [5, 5.41) is 3.32. The molecule has 0 saturated heterocycles. The van der Waals surface area contributed by atoms with Gasteiger partial charge in [0.2, 0.25) is 0 Å². The van der Waals surface area contributed by atoms with Crippen molar-refractivity contribution in [2.45, 2.75) is 58.0 Å². The minimum absolute atomic E-state index is 0.0826. The van der Waals surface area contributed by atoms with Crippen molar-refractivity contribution >= 4 is 5.91 Å². The molecule has 2 bridgehead atoms. The largest absolute Gasteiger partial charge is 0.349 e. The molecule has 2 atom stereocenters. The van der Waals surface area contributed by atoms with Gasteiger partial charge in [-0.3, -0.25) is 4.79 Å². The number of benzene rings is 1. The highest BCUT2D eigenvalue weighted by Crippen LogP contribution is 2.39. The molecule has 2 aliphatic carbocycles. The van der Waals surface area contributed by atoms with Gasteiger partial charge in [0.15, 0.2) is 0 Å². The molecule has 1 aromatic carbocycles. The van der Waals surface area contributed by atoms with Crippen LogP contribution in [0.3, 0.4) is 0 Å². The second kappa shape index (κ2) is 5.80. The third kappa shape index (κ3) is 3.13. The molecule has 0 spiro atoms. The lowest BCUT2D eigenvalue weighted by atomic mass is 9.67.